The van der Waals surface area contributed by atoms with E-state index in [1.165, 1.54) is 25.7 Å². The molecule has 0 amide bonds. The second kappa shape index (κ2) is 4.49. The van der Waals surface area contributed by atoms with E-state index in [2.05, 4.69) is 4.98 Å². The molecule has 0 saturated heterocycles. The molecular formula is C11H18N2OS. The van der Waals surface area contributed by atoms with Crippen LogP contribution in [0.3, 0.4) is 0 Å². The molecule has 1 aromatic heterocycles. The minimum absolute atomic E-state index is 0.154. The predicted molar refractivity (Wildman–Crippen MR) is 62.9 cm³/mol. The van der Waals surface area contributed by atoms with Crippen molar-refractivity contribution in [2.45, 2.75) is 44.1 Å². The number of nitrogens with two attached hydrogens (primary N) is 1. The minimum Gasteiger partial charge on any atom is -0.383 e. The molecule has 0 unspecified atom stereocenters. The van der Waals surface area contributed by atoms with Crippen molar-refractivity contribution < 1.29 is 4.74 Å². The molecule has 1 fully saturated rings. The van der Waals surface area contributed by atoms with Crippen LogP contribution in [0.25, 0.3) is 0 Å². The maximum atomic E-state index is 5.75. The normalized spacial score (nSPS) is 21.1. The number of anilines is 1. The average molecular weight is 226 g/mol. The smallest absolute Gasteiger partial charge is 0.134 e. The molecule has 1 aliphatic rings. The molecule has 1 heterocycles. The van der Waals surface area contributed by atoms with E-state index in [9.17, 15) is 0 Å². The van der Waals surface area contributed by atoms with E-state index >= 15 is 0 Å². The topological polar surface area (TPSA) is 48.1 Å². The number of ether oxygens (including phenoxy) is 1. The van der Waals surface area contributed by atoms with Crippen molar-refractivity contribution in [3.8, 4) is 0 Å². The first kappa shape index (κ1) is 10.9. The zero-order valence-corrected chi connectivity index (χ0v) is 9.98. The highest BCUT2D eigenvalue weighted by Crippen LogP contribution is 2.40. The Bertz CT molecular complexity index is 316. The number of rotatable bonds is 2. The van der Waals surface area contributed by atoms with E-state index < -0.39 is 0 Å². The summed E-state index contributed by atoms with van der Waals surface area (Å²) in [6.45, 7) is 0. The minimum atomic E-state index is -0.154. The summed E-state index contributed by atoms with van der Waals surface area (Å²) >= 11 is 1.63. The maximum Gasteiger partial charge on any atom is 0.134 e. The second-order valence-corrected chi connectivity index (χ2v) is 5.05. The van der Waals surface area contributed by atoms with Gasteiger partial charge >= 0.3 is 0 Å². The van der Waals surface area contributed by atoms with Gasteiger partial charge in [0.1, 0.15) is 16.4 Å². The first-order valence-electron chi connectivity index (χ1n) is 5.53. The van der Waals surface area contributed by atoms with Crippen LogP contribution < -0.4 is 5.73 Å². The maximum absolute atomic E-state index is 5.75. The van der Waals surface area contributed by atoms with Gasteiger partial charge in [-0.1, -0.05) is 25.7 Å². The third kappa shape index (κ3) is 2.16. The van der Waals surface area contributed by atoms with Gasteiger partial charge < -0.3 is 10.5 Å². The van der Waals surface area contributed by atoms with E-state index in [0.29, 0.717) is 5.82 Å². The molecular weight excluding hydrogens is 208 g/mol. The molecule has 3 nitrogen and oxygen atoms in total. The summed E-state index contributed by atoms with van der Waals surface area (Å²) in [6, 6.07) is 0. The summed E-state index contributed by atoms with van der Waals surface area (Å²) in [5.41, 5.74) is 5.53. The van der Waals surface area contributed by atoms with Crippen molar-refractivity contribution >= 4 is 17.2 Å². The Kier molecular flexibility index (Phi) is 3.26. The first-order chi connectivity index (χ1) is 7.27. The fourth-order valence-electron chi connectivity index (χ4n) is 2.30. The zero-order chi connectivity index (χ0) is 10.7. The number of nitrogen functional groups attached to an aromatic ring is 1. The fourth-order valence-corrected chi connectivity index (χ4v) is 3.25. The number of nitrogens with zero attached hydrogens (tertiary/aromatic N) is 1. The zero-order valence-electron chi connectivity index (χ0n) is 9.16. The molecule has 2 rings (SSSR count). The van der Waals surface area contributed by atoms with E-state index in [-0.39, 0.29) is 5.60 Å². The number of hydrogen-bond donors (Lipinski definition) is 1. The summed E-state index contributed by atoms with van der Waals surface area (Å²) in [5.74, 6) is 0.621. The van der Waals surface area contributed by atoms with Crippen LogP contribution in [0.5, 0.6) is 0 Å². The molecule has 2 N–H and O–H groups in total. The van der Waals surface area contributed by atoms with Crippen molar-refractivity contribution in [3.63, 3.8) is 0 Å². The highest BCUT2D eigenvalue weighted by molar-refractivity contribution is 7.10. The molecule has 0 spiro atoms. The van der Waals surface area contributed by atoms with Gasteiger partial charge in [-0.25, -0.2) is 4.98 Å². The lowest BCUT2D eigenvalue weighted by atomic mass is 9.95. The van der Waals surface area contributed by atoms with Crippen LogP contribution in [0, 0.1) is 0 Å². The van der Waals surface area contributed by atoms with E-state index in [1.54, 1.807) is 18.4 Å². The van der Waals surface area contributed by atoms with Gasteiger partial charge in [-0.15, -0.1) is 11.3 Å². The van der Waals surface area contributed by atoms with Gasteiger partial charge in [-0.3, -0.25) is 0 Å². The van der Waals surface area contributed by atoms with Crippen LogP contribution >= 0.6 is 11.3 Å². The van der Waals surface area contributed by atoms with Crippen molar-refractivity contribution in [3.05, 3.63) is 10.4 Å². The fraction of sp³-hybridized carbons (Fsp3) is 0.727. The van der Waals surface area contributed by atoms with E-state index in [1.807, 2.05) is 5.38 Å². The molecule has 0 atom stereocenters. The van der Waals surface area contributed by atoms with Crippen LogP contribution in [-0.4, -0.2) is 12.1 Å². The number of methoxy groups -OCH3 is 1. The summed E-state index contributed by atoms with van der Waals surface area (Å²) in [7, 11) is 1.79. The lowest BCUT2D eigenvalue weighted by Crippen LogP contribution is -2.27. The molecule has 0 aliphatic heterocycles. The third-order valence-electron chi connectivity index (χ3n) is 3.21. The average Bonchev–Trinajstić information content (AvgIpc) is 2.56. The second-order valence-electron chi connectivity index (χ2n) is 4.19. The molecule has 0 radical (unpaired) electrons. The number of aromatic nitrogens is 1. The summed E-state index contributed by atoms with van der Waals surface area (Å²) in [4.78, 5) is 4.39. The quantitative estimate of drug-likeness (QED) is 0.789. The van der Waals surface area contributed by atoms with E-state index in [4.69, 9.17) is 10.5 Å². The summed E-state index contributed by atoms with van der Waals surface area (Å²) in [6.07, 6.45) is 7.24. The van der Waals surface area contributed by atoms with Gasteiger partial charge in [0.25, 0.3) is 0 Å². The molecule has 1 aliphatic carbocycles. The van der Waals surface area contributed by atoms with Gasteiger partial charge in [-0.2, -0.15) is 0 Å². The molecule has 1 aromatic rings. The van der Waals surface area contributed by atoms with Gasteiger partial charge in [0, 0.05) is 12.5 Å². The van der Waals surface area contributed by atoms with Gasteiger partial charge in [0.05, 0.1) is 0 Å². The predicted octanol–water partition coefficient (Wildman–Crippen LogP) is 2.92. The lowest BCUT2D eigenvalue weighted by Gasteiger charge is -2.28. The SMILES string of the molecule is COC1(c2nc(N)cs2)CCCCCC1. The van der Waals surface area contributed by atoms with Gasteiger partial charge in [0.15, 0.2) is 0 Å². The number of hydrogen-bond acceptors (Lipinski definition) is 4. The van der Waals surface area contributed by atoms with Crippen molar-refractivity contribution in [2.24, 2.45) is 0 Å². The Morgan fingerprint density at radius 2 is 2.00 bits per heavy atom. The highest BCUT2D eigenvalue weighted by Gasteiger charge is 2.35. The molecule has 1 saturated carbocycles. The molecule has 84 valence electrons. The first-order valence-corrected chi connectivity index (χ1v) is 6.41. The van der Waals surface area contributed by atoms with Crippen molar-refractivity contribution in [1.82, 2.24) is 4.98 Å². The Balaban J connectivity index is 2.26. The van der Waals surface area contributed by atoms with Crippen LogP contribution in [0.1, 0.15) is 43.5 Å². The monoisotopic (exact) mass is 226 g/mol. The Morgan fingerprint density at radius 3 is 2.47 bits per heavy atom. The van der Waals surface area contributed by atoms with Crippen LogP contribution in [0.4, 0.5) is 5.82 Å². The Hall–Kier alpha value is -0.610. The van der Waals surface area contributed by atoms with Crippen LogP contribution in [0.2, 0.25) is 0 Å². The van der Waals surface area contributed by atoms with Crippen molar-refractivity contribution in [2.75, 3.05) is 12.8 Å². The van der Waals surface area contributed by atoms with Crippen LogP contribution in [-0.2, 0) is 10.3 Å². The standard InChI is InChI=1S/C11H18N2OS/c1-14-11(6-4-2-3-5-7-11)10-13-9(12)8-15-10/h8H,2-7,12H2,1H3. The van der Waals surface area contributed by atoms with Gasteiger partial charge in [-0.05, 0) is 12.8 Å². The molecule has 0 bridgehead atoms. The van der Waals surface area contributed by atoms with Crippen molar-refractivity contribution in [1.29, 1.82) is 0 Å². The Labute approximate surface area is 94.7 Å². The molecule has 0 aromatic carbocycles. The Morgan fingerprint density at radius 1 is 1.33 bits per heavy atom. The third-order valence-corrected chi connectivity index (χ3v) is 4.26. The number of thiazole rings is 1. The van der Waals surface area contributed by atoms with Gasteiger partial charge in [0.2, 0.25) is 0 Å². The molecule has 4 heteroatoms. The van der Waals surface area contributed by atoms with E-state index in [0.717, 1.165) is 17.8 Å². The highest BCUT2D eigenvalue weighted by atomic mass is 32.1. The van der Waals surface area contributed by atoms with Crippen LogP contribution in [0.15, 0.2) is 5.38 Å². The summed E-state index contributed by atoms with van der Waals surface area (Å²) < 4.78 is 5.75. The lowest BCUT2D eigenvalue weighted by molar-refractivity contribution is -0.0278. The largest absolute Gasteiger partial charge is 0.383 e. The molecule has 15 heavy (non-hydrogen) atoms. The summed E-state index contributed by atoms with van der Waals surface area (Å²) in [5, 5.41) is 2.96.